The largest absolute Gasteiger partial charge is 0.322 e. The molecule has 0 aromatic heterocycles. The van der Waals surface area contributed by atoms with E-state index in [1.807, 2.05) is 42.7 Å². The molecule has 0 atom stereocenters. The number of carbonyl (C=O) groups excluding carboxylic acids is 1. The number of nitrogens with one attached hydrogen (secondary N) is 1. The van der Waals surface area contributed by atoms with Crippen molar-refractivity contribution in [1.82, 2.24) is 0 Å². The number of amides is 1. The third-order valence-electron chi connectivity index (χ3n) is 2.27. The minimum Gasteiger partial charge on any atom is -0.322 e. The lowest BCUT2D eigenvalue weighted by Crippen LogP contribution is -2.17. The van der Waals surface area contributed by atoms with Crippen molar-refractivity contribution in [3.8, 4) is 0 Å². The summed E-state index contributed by atoms with van der Waals surface area (Å²) in [5.74, 6) is -0.0586. The van der Waals surface area contributed by atoms with E-state index in [1.54, 1.807) is 0 Å². The first-order valence-electron chi connectivity index (χ1n) is 5.13. The van der Waals surface area contributed by atoms with E-state index in [9.17, 15) is 4.79 Å². The highest BCUT2D eigenvalue weighted by atomic mass is 32.2. The molecule has 2 rings (SSSR count). The van der Waals surface area contributed by atoms with E-state index in [4.69, 9.17) is 4.18 Å². The van der Waals surface area contributed by atoms with E-state index in [0.717, 1.165) is 17.0 Å². The first-order chi connectivity index (χ1) is 7.77. The van der Waals surface area contributed by atoms with Crippen LogP contribution in [0.1, 0.15) is 6.42 Å². The minimum atomic E-state index is -0.383. The molecule has 1 amide bonds. The molecule has 0 aliphatic carbocycles. The van der Waals surface area contributed by atoms with Gasteiger partial charge in [-0.05, 0) is 29.7 Å². The van der Waals surface area contributed by atoms with Crippen molar-refractivity contribution in [3.63, 3.8) is 0 Å². The van der Waals surface area contributed by atoms with Crippen LogP contribution in [0.15, 0.2) is 41.3 Å². The molecule has 1 aliphatic rings. The van der Waals surface area contributed by atoms with Crippen LogP contribution in [-0.2, 0) is 8.98 Å². The highest BCUT2D eigenvalue weighted by Crippen LogP contribution is 2.36. The monoisotopic (exact) mass is 236 g/mol. The Bertz CT molecular complexity index is 403. The van der Waals surface area contributed by atoms with Gasteiger partial charge in [0.25, 0.3) is 5.91 Å². The van der Waals surface area contributed by atoms with Gasteiger partial charge in [-0.3, -0.25) is 4.79 Å². The SMILES string of the molecule is C[S]1OCCC=C1C(=O)Nc1ccccc1. The zero-order chi connectivity index (χ0) is 11.4. The van der Waals surface area contributed by atoms with Crippen molar-refractivity contribution in [2.75, 3.05) is 18.2 Å². The Morgan fingerprint density at radius 3 is 2.81 bits per heavy atom. The van der Waals surface area contributed by atoms with Crippen LogP contribution in [0.4, 0.5) is 5.69 Å². The van der Waals surface area contributed by atoms with E-state index < -0.39 is 0 Å². The molecule has 0 fully saturated rings. The Morgan fingerprint density at radius 1 is 1.38 bits per heavy atom. The molecule has 1 radical (unpaired) electrons. The number of rotatable bonds is 2. The van der Waals surface area contributed by atoms with Gasteiger partial charge in [0, 0.05) is 11.9 Å². The molecule has 1 heterocycles. The quantitative estimate of drug-likeness (QED) is 0.857. The molecule has 0 unspecified atom stereocenters. The molecule has 0 saturated heterocycles. The number of benzene rings is 1. The van der Waals surface area contributed by atoms with E-state index in [2.05, 4.69) is 5.32 Å². The number of hydrogen-bond donors (Lipinski definition) is 1. The average molecular weight is 236 g/mol. The van der Waals surface area contributed by atoms with Gasteiger partial charge in [-0.15, -0.1) is 0 Å². The molecule has 85 valence electrons. The van der Waals surface area contributed by atoms with E-state index in [-0.39, 0.29) is 17.1 Å². The Hall–Kier alpha value is -1.26. The zero-order valence-corrected chi connectivity index (χ0v) is 9.92. The van der Waals surface area contributed by atoms with Crippen LogP contribution >= 0.6 is 11.2 Å². The maximum absolute atomic E-state index is 11.9. The lowest BCUT2D eigenvalue weighted by molar-refractivity contribution is -0.112. The van der Waals surface area contributed by atoms with Gasteiger partial charge in [0.05, 0.1) is 11.5 Å². The van der Waals surface area contributed by atoms with Crippen molar-refractivity contribution < 1.29 is 8.98 Å². The molecule has 1 aliphatic heterocycles. The van der Waals surface area contributed by atoms with Gasteiger partial charge >= 0.3 is 0 Å². The Kier molecular flexibility index (Phi) is 3.64. The van der Waals surface area contributed by atoms with Gasteiger partial charge in [-0.2, -0.15) is 0 Å². The topological polar surface area (TPSA) is 38.3 Å². The summed E-state index contributed by atoms with van der Waals surface area (Å²) in [5.41, 5.74) is 0.816. The molecule has 3 nitrogen and oxygen atoms in total. The maximum atomic E-state index is 11.9. The maximum Gasteiger partial charge on any atom is 0.263 e. The minimum absolute atomic E-state index is 0.0586. The lowest BCUT2D eigenvalue weighted by atomic mass is 10.3. The molecule has 1 aromatic carbocycles. The van der Waals surface area contributed by atoms with Crippen LogP contribution < -0.4 is 5.32 Å². The fourth-order valence-electron chi connectivity index (χ4n) is 1.48. The highest BCUT2D eigenvalue weighted by Gasteiger charge is 2.19. The number of anilines is 1. The average Bonchev–Trinajstić information content (AvgIpc) is 2.31. The van der Waals surface area contributed by atoms with E-state index in [1.165, 1.54) is 0 Å². The van der Waals surface area contributed by atoms with Gasteiger partial charge < -0.3 is 9.50 Å². The fourth-order valence-corrected chi connectivity index (χ4v) is 2.62. The van der Waals surface area contributed by atoms with Gasteiger partial charge in [0.2, 0.25) is 0 Å². The summed E-state index contributed by atoms with van der Waals surface area (Å²) in [7, 11) is 0. The second-order valence-electron chi connectivity index (χ2n) is 3.45. The van der Waals surface area contributed by atoms with E-state index in [0.29, 0.717) is 6.61 Å². The van der Waals surface area contributed by atoms with Crippen molar-refractivity contribution in [3.05, 3.63) is 41.3 Å². The summed E-state index contributed by atoms with van der Waals surface area (Å²) >= 11 is -0.383. The molecule has 0 bridgehead atoms. The van der Waals surface area contributed by atoms with Gasteiger partial charge in [0.15, 0.2) is 0 Å². The van der Waals surface area contributed by atoms with Gasteiger partial charge in [-0.1, -0.05) is 24.3 Å². The predicted molar refractivity (Wildman–Crippen MR) is 67.2 cm³/mol. The van der Waals surface area contributed by atoms with Gasteiger partial charge in [-0.25, -0.2) is 0 Å². The van der Waals surface area contributed by atoms with Crippen LogP contribution in [0.2, 0.25) is 0 Å². The molecular formula is C12H14NO2S. The smallest absolute Gasteiger partial charge is 0.263 e. The second kappa shape index (κ2) is 5.18. The molecule has 0 saturated carbocycles. The molecular weight excluding hydrogens is 222 g/mol. The van der Waals surface area contributed by atoms with Crippen LogP contribution in [0.25, 0.3) is 0 Å². The van der Waals surface area contributed by atoms with Crippen LogP contribution in [0, 0.1) is 0 Å². The standard InChI is InChI=1S/C12H14NO2S/c1-16-11(8-5-9-15-16)12(14)13-10-6-3-2-4-7-10/h2-4,6-8H,5,9H2,1H3,(H,13,14). The fraction of sp³-hybridized carbons (Fsp3) is 0.250. The van der Waals surface area contributed by atoms with Gasteiger partial charge in [0.1, 0.15) is 0 Å². The molecule has 4 heteroatoms. The normalized spacial score (nSPS) is 16.7. The summed E-state index contributed by atoms with van der Waals surface area (Å²) in [6.45, 7) is 0.710. The molecule has 1 N–H and O–H groups in total. The molecule has 16 heavy (non-hydrogen) atoms. The third-order valence-corrected chi connectivity index (χ3v) is 3.76. The lowest BCUT2D eigenvalue weighted by Gasteiger charge is -2.21. The summed E-state index contributed by atoms with van der Waals surface area (Å²) in [6.07, 6.45) is 4.70. The highest BCUT2D eigenvalue weighted by molar-refractivity contribution is 8.16. The summed E-state index contributed by atoms with van der Waals surface area (Å²) in [4.78, 5) is 12.7. The number of hydrogen-bond acceptors (Lipinski definition) is 2. The Morgan fingerprint density at radius 2 is 2.12 bits per heavy atom. The Balaban J connectivity index is 2.06. The van der Waals surface area contributed by atoms with Crippen molar-refractivity contribution in [1.29, 1.82) is 0 Å². The number of para-hydroxylation sites is 1. The molecule has 1 aromatic rings. The zero-order valence-electron chi connectivity index (χ0n) is 9.10. The van der Waals surface area contributed by atoms with Crippen LogP contribution in [0.5, 0.6) is 0 Å². The number of carbonyl (C=O) groups is 1. The first-order valence-corrected chi connectivity index (χ1v) is 6.69. The summed E-state index contributed by atoms with van der Waals surface area (Å²) in [5, 5.41) is 2.86. The molecule has 0 spiro atoms. The van der Waals surface area contributed by atoms with Crippen molar-refractivity contribution >= 4 is 22.8 Å². The summed E-state index contributed by atoms with van der Waals surface area (Å²) in [6, 6.07) is 9.45. The predicted octanol–water partition coefficient (Wildman–Crippen LogP) is 2.74. The van der Waals surface area contributed by atoms with E-state index >= 15 is 0 Å². The van der Waals surface area contributed by atoms with Crippen LogP contribution in [0.3, 0.4) is 0 Å². The third kappa shape index (κ3) is 2.65. The Labute approximate surface area is 98.1 Å². The summed E-state index contributed by atoms with van der Waals surface area (Å²) < 4.78 is 5.45. The second-order valence-corrected chi connectivity index (χ2v) is 5.04. The van der Waals surface area contributed by atoms with Crippen LogP contribution in [-0.4, -0.2) is 18.8 Å². The van der Waals surface area contributed by atoms with Crippen molar-refractivity contribution in [2.24, 2.45) is 0 Å². The van der Waals surface area contributed by atoms with Crippen molar-refractivity contribution in [2.45, 2.75) is 6.42 Å². The first kappa shape index (κ1) is 11.2.